The number of hydrogen-bond acceptors (Lipinski definition) is 8. The Morgan fingerprint density at radius 2 is 1.79 bits per heavy atom. The van der Waals surface area contributed by atoms with E-state index >= 15 is 0 Å². The third-order valence-electron chi connectivity index (χ3n) is 3.70. The highest BCUT2D eigenvalue weighted by Gasteiger charge is 2.11. The summed E-state index contributed by atoms with van der Waals surface area (Å²) in [7, 11) is 0. The van der Waals surface area contributed by atoms with Crippen LogP contribution in [0.25, 0.3) is 5.69 Å². The first-order chi connectivity index (χ1) is 14.2. The molecule has 152 valence electrons. The Kier molecular flexibility index (Phi) is 7.28. The summed E-state index contributed by atoms with van der Waals surface area (Å²) in [4.78, 5) is 12.0. The lowest BCUT2D eigenvalue weighted by Crippen LogP contribution is -2.29. The van der Waals surface area contributed by atoms with Crippen LogP contribution in [0, 0.1) is 0 Å². The first kappa shape index (κ1) is 20.5. The van der Waals surface area contributed by atoms with E-state index in [2.05, 4.69) is 20.8 Å². The second-order valence-electron chi connectivity index (χ2n) is 5.78. The smallest absolute Gasteiger partial charge is 0.230 e. The minimum atomic E-state index is -0.148. The number of aromatic nitrogens is 4. The zero-order valence-corrected chi connectivity index (χ0v) is 16.6. The van der Waals surface area contributed by atoms with Gasteiger partial charge in [0.1, 0.15) is 23.9 Å². The Morgan fingerprint density at radius 1 is 1.10 bits per heavy atom. The molecule has 0 fully saturated rings. The van der Waals surface area contributed by atoms with Gasteiger partial charge in [-0.25, -0.2) is 0 Å². The summed E-state index contributed by atoms with van der Waals surface area (Å²) in [5.41, 5.74) is 0.694. The van der Waals surface area contributed by atoms with Crippen LogP contribution in [0.5, 0.6) is 17.2 Å². The second kappa shape index (κ2) is 10.3. The monoisotopic (exact) mass is 415 g/mol. The third kappa shape index (κ3) is 6.11. The van der Waals surface area contributed by atoms with Crippen LogP contribution in [-0.2, 0) is 4.79 Å². The first-order valence-corrected chi connectivity index (χ1v) is 9.97. The van der Waals surface area contributed by atoms with Gasteiger partial charge in [0.25, 0.3) is 0 Å². The van der Waals surface area contributed by atoms with Crippen molar-refractivity contribution in [2.45, 2.75) is 12.1 Å². The Bertz CT molecular complexity index is 915. The lowest BCUT2D eigenvalue weighted by Gasteiger charge is -2.09. The number of benzene rings is 2. The highest BCUT2D eigenvalue weighted by Crippen LogP contribution is 2.20. The van der Waals surface area contributed by atoms with Crippen LogP contribution in [0.15, 0.2) is 53.7 Å². The van der Waals surface area contributed by atoms with E-state index in [0.29, 0.717) is 36.4 Å². The summed E-state index contributed by atoms with van der Waals surface area (Å²) in [5.74, 6) is 1.68. The highest BCUT2D eigenvalue weighted by atomic mass is 32.2. The van der Waals surface area contributed by atoms with E-state index in [9.17, 15) is 9.90 Å². The molecule has 0 aliphatic rings. The van der Waals surface area contributed by atoms with Crippen molar-refractivity contribution in [3.8, 4) is 22.9 Å². The van der Waals surface area contributed by atoms with Gasteiger partial charge in [0.05, 0.1) is 24.6 Å². The van der Waals surface area contributed by atoms with Crippen LogP contribution in [-0.4, -0.2) is 56.7 Å². The Balaban J connectivity index is 1.39. The molecule has 0 atom stereocenters. The number of carbonyl (C=O) groups excluding carboxylic acids is 1. The third-order valence-corrected chi connectivity index (χ3v) is 4.61. The van der Waals surface area contributed by atoms with E-state index in [1.165, 1.54) is 16.4 Å². The van der Waals surface area contributed by atoms with Crippen molar-refractivity contribution in [2.75, 3.05) is 25.5 Å². The summed E-state index contributed by atoms with van der Waals surface area (Å²) in [5, 5.41) is 24.1. The molecular weight excluding hydrogens is 394 g/mol. The normalized spacial score (nSPS) is 10.5. The van der Waals surface area contributed by atoms with Crippen LogP contribution in [0.3, 0.4) is 0 Å². The number of phenolic OH excluding ortho intramolecular Hbond substituents is 1. The van der Waals surface area contributed by atoms with Gasteiger partial charge >= 0.3 is 0 Å². The SMILES string of the molecule is CCOc1ccc(OCCNC(=O)CSc2nnnn2-c2ccc(O)cc2)cc1. The van der Waals surface area contributed by atoms with Crippen molar-refractivity contribution in [2.24, 2.45) is 0 Å². The molecule has 2 N–H and O–H groups in total. The van der Waals surface area contributed by atoms with Gasteiger partial charge in [0.15, 0.2) is 0 Å². The molecule has 1 amide bonds. The highest BCUT2D eigenvalue weighted by molar-refractivity contribution is 7.99. The maximum absolute atomic E-state index is 12.0. The van der Waals surface area contributed by atoms with Crippen LogP contribution >= 0.6 is 11.8 Å². The van der Waals surface area contributed by atoms with E-state index in [-0.39, 0.29) is 17.4 Å². The maximum Gasteiger partial charge on any atom is 0.230 e. The molecule has 0 aliphatic heterocycles. The molecule has 0 radical (unpaired) electrons. The van der Waals surface area contributed by atoms with E-state index < -0.39 is 0 Å². The van der Waals surface area contributed by atoms with Gasteiger partial charge < -0.3 is 19.9 Å². The van der Waals surface area contributed by atoms with Crippen molar-refractivity contribution in [1.82, 2.24) is 25.5 Å². The van der Waals surface area contributed by atoms with Gasteiger partial charge in [-0.3, -0.25) is 4.79 Å². The van der Waals surface area contributed by atoms with Crippen molar-refractivity contribution in [1.29, 1.82) is 0 Å². The van der Waals surface area contributed by atoms with Gasteiger partial charge in [-0.15, -0.1) is 5.10 Å². The summed E-state index contributed by atoms with van der Waals surface area (Å²) >= 11 is 1.22. The number of tetrazole rings is 1. The number of hydrogen-bond donors (Lipinski definition) is 2. The number of nitrogens with zero attached hydrogens (tertiary/aromatic N) is 4. The van der Waals surface area contributed by atoms with Crippen molar-refractivity contribution in [3.05, 3.63) is 48.5 Å². The Hall–Kier alpha value is -3.27. The zero-order valence-electron chi connectivity index (χ0n) is 15.8. The number of amides is 1. The van der Waals surface area contributed by atoms with E-state index in [1.807, 2.05) is 31.2 Å². The fraction of sp³-hybridized carbons (Fsp3) is 0.263. The minimum absolute atomic E-state index is 0.148. The molecule has 0 bridgehead atoms. The molecule has 1 aromatic heterocycles. The number of nitrogens with one attached hydrogen (secondary N) is 1. The second-order valence-corrected chi connectivity index (χ2v) is 6.72. The van der Waals surface area contributed by atoms with Gasteiger partial charge in [-0.2, -0.15) is 4.68 Å². The fourth-order valence-electron chi connectivity index (χ4n) is 2.36. The van der Waals surface area contributed by atoms with Gasteiger partial charge in [0.2, 0.25) is 11.1 Å². The molecule has 0 aliphatic carbocycles. The fourth-order valence-corrected chi connectivity index (χ4v) is 3.08. The molecule has 0 saturated carbocycles. The predicted octanol–water partition coefficient (Wildman–Crippen LogP) is 2.05. The van der Waals surface area contributed by atoms with Crippen LogP contribution in [0.1, 0.15) is 6.92 Å². The summed E-state index contributed by atoms with van der Waals surface area (Å²) in [6, 6.07) is 13.8. The molecule has 3 rings (SSSR count). The standard InChI is InChI=1S/C19H21N5O4S/c1-2-27-16-7-9-17(10-8-16)28-12-11-20-18(26)13-29-19-21-22-23-24(19)14-3-5-15(25)6-4-14/h3-10,25H,2,11-13H2,1H3,(H,20,26). The lowest BCUT2D eigenvalue weighted by molar-refractivity contribution is -0.118. The van der Waals surface area contributed by atoms with Crippen LogP contribution in [0.2, 0.25) is 0 Å². The van der Waals surface area contributed by atoms with Crippen LogP contribution in [0.4, 0.5) is 0 Å². The quantitative estimate of drug-likeness (QED) is 0.382. The average Bonchev–Trinajstić information content (AvgIpc) is 3.20. The zero-order chi connectivity index (χ0) is 20.5. The van der Waals surface area contributed by atoms with E-state index in [0.717, 1.165) is 5.75 Å². The molecule has 0 spiro atoms. The predicted molar refractivity (Wildman–Crippen MR) is 108 cm³/mol. The molecule has 0 unspecified atom stereocenters. The lowest BCUT2D eigenvalue weighted by atomic mass is 10.3. The molecule has 2 aromatic carbocycles. The number of rotatable bonds is 10. The maximum atomic E-state index is 12.0. The van der Waals surface area contributed by atoms with Crippen molar-refractivity contribution in [3.63, 3.8) is 0 Å². The number of aromatic hydroxyl groups is 1. The topological polar surface area (TPSA) is 111 Å². The average molecular weight is 415 g/mol. The van der Waals surface area contributed by atoms with E-state index in [1.54, 1.807) is 24.3 Å². The number of thioether (sulfide) groups is 1. The van der Waals surface area contributed by atoms with Gasteiger partial charge in [-0.1, -0.05) is 11.8 Å². The molecular formula is C19H21N5O4S. The number of phenols is 1. The summed E-state index contributed by atoms with van der Waals surface area (Å²) < 4.78 is 12.5. The molecule has 29 heavy (non-hydrogen) atoms. The molecule has 9 nitrogen and oxygen atoms in total. The Labute approximate surface area is 172 Å². The number of ether oxygens (including phenoxy) is 2. The molecule has 0 saturated heterocycles. The summed E-state index contributed by atoms with van der Waals surface area (Å²) in [6.45, 7) is 3.29. The molecule has 1 heterocycles. The van der Waals surface area contributed by atoms with Gasteiger partial charge in [0, 0.05) is 0 Å². The van der Waals surface area contributed by atoms with Crippen molar-refractivity contribution < 1.29 is 19.4 Å². The number of carbonyl (C=O) groups is 1. The van der Waals surface area contributed by atoms with Gasteiger partial charge in [-0.05, 0) is 65.9 Å². The summed E-state index contributed by atoms with van der Waals surface area (Å²) in [6.07, 6.45) is 0. The minimum Gasteiger partial charge on any atom is -0.508 e. The van der Waals surface area contributed by atoms with Crippen molar-refractivity contribution >= 4 is 17.7 Å². The Morgan fingerprint density at radius 3 is 2.48 bits per heavy atom. The molecule has 3 aromatic rings. The van der Waals surface area contributed by atoms with Crippen LogP contribution < -0.4 is 14.8 Å². The molecule has 10 heteroatoms. The largest absolute Gasteiger partial charge is 0.508 e. The first-order valence-electron chi connectivity index (χ1n) is 8.98. The van der Waals surface area contributed by atoms with E-state index in [4.69, 9.17) is 9.47 Å².